The van der Waals surface area contributed by atoms with Gasteiger partial charge in [0.05, 0.1) is 21.2 Å². The van der Waals surface area contributed by atoms with Crippen molar-refractivity contribution in [2.45, 2.75) is 6.92 Å². The van der Waals surface area contributed by atoms with Crippen LogP contribution in [0.25, 0.3) is 22.3 Å². The largest absolute Gasteiger partial charge is 0.476 e. The molecule has 20 heavy (non-hydrogen) atoms. The van der Waals surface area contributed by atoms with Crippen molar-refractivity contribution in [3.05, 3.63) is 34.2 Å². The van der Waals surface area contributed by atoms with Gasteiger partial charge in [0.15, 0.2) is 5.69 Å². The Hall–Kier alpha value is -2.15. The van der Waals surface area contributed by atoms with Crippen LogP contribution in [0.5, 0.6) is 0 Å². The number of aromatic nitrogens is 4. The van der Waals surface area contributed by atoms with E-state index in [1.165, 1.54) is 0 Å². The van der Waals surface area contributed by atoms with Gasteiger partial charge < -0.3 is 10.1 Å². The summed E-state index contributed by atoms with van der Waals surface area (Å²) in [5.74, 6) is -0.218. The maximum Gasteiger partial charge on any atom is 0.357 e. The van der Waals surface area contributed by atoms with Gasteiger partial charge in [-0.25, -0.2) is 9.78 Å². The topological polar surface area (TPSA) is 83.8 Å². The highest BCUT2D eigenvalue weighted by Crippen LogP contribution is 2.32. The number of carboxylic acids is 1. The average molecular weight is 335 g/mol. The van der Waals surface area contributed by atoms with Crippen molar-refractivity contribution in [2.24, 2.45) is 7.05 Å². The molecule has 3 aromatic rings. The molecule has 0 saturated carbocycles. The first-order chi connectivity index (χ1) is 9.47. The first kappa shape index (κ1) is 12.9. The van der Waals surface area contributed by atoms with Crippen LogP contribution in [0, 0.1) is 6.92 Å². The van der Waals surface area contributed by atoms with E-state index < -0.39 is 5.97 Å². The lowest BCUT2D eigenvalue weighted by Gasteiger charge is -2.03. The summed E-state index contributed by atoms with van der Waals surface area (Å²) >= 11 is 3.32. The van der Waals surface area contributed by atoms with Crippen LogP contribution < -0.4 is 0 Å². The molecule has 0 fully saturated rings. The Kier molecular flexibility index (Phi) is 2.86. The van der Waals surface area contributed by atoms with E-state index in [1.54, 1.807) is 11.7 Å². The zero-order valence-corrected chi connectivity index (χ0v) is 12.4. The number of H-pyrrole nitrogens is 1. The summed E-state index contributed by atoms with van der Waals surface area (Å²) in [6.45, 7) is 1.89. The van der Waals surface area contributed by atoms with Crippen molar-refractivity contribution in [3.8, 4) is 11.3 Å². The summed E-state index contributed by atoms with van der Waals surface area (Å²) < 4.78 is 2.03. The minimum absolute atomic E-state index is 0.00314. The zero-order valence-electron chi connectivity index (χ0n) is 10.8. The molecular formula is C13H11BrN4O2. The molecule has 0 saturated heterocycles. The van der Waals surface area contributed by atoms with Crippen LogP contribution >= 0.6 is 15.9 Å². The molecule has 0 aliphatic carbocycles. The fourth-order valence-corrected chi connectivity index (χ4v) is 2.97. The number of hydrogen-bond acceptors (Lipinski definition) is 3. The Morgan fingerprint density at radius 3 is 2.85 bits per heavy atom. The summed E-state index contributed by atoms with van der Waals surface area (Å²) in [6, 6.07) is 5.73. The van der Waals surface area contributed by atoms with E-state index in [1.807, 2.05) is 25.1 Å². The number of aromatic amines is 1. The van der Waals surface area contributed by atoms with Gasteiger partial charge in [-0.15, -0.1) is 0 Å². The number of carbonyl (C=O) groups is 1. The Morgan fingerprint density at radius 1 is 1.45 bits per heavy atom. The average Bonchev–Trinajstić information content (AvgIpc) is 2.88. The summed E-state index contributed by atoms with van der Waals surface area (Å²) in [5, 5.41) is 13.1. The lowest BCUT2D eigenvalue weighted by Crippen LogP contribution is -1.99. The summed E-state index contributed by atoms with van der Waals surface area (Å²) in [5.41, 5.74) is 3.38. The molecule has 102 valence electrons. The molecule has 0 radical (unpaired) electrons. The quantitative estimate of drug-likeness (QED) is 0.754. The molecule has 0 aliphatic heterocycles. The molecule has 0 atom stereocenters. The standard InChI is InChI=1S/C13H11BrN4O2/c1-6-15-8-4-3-7(5-9(8)16-6)12-10(14)11(13(19)20)17-18(12)2/h3-5H,1-2H3,(H,15,16)(H,19,20). The van der Waals surface area contributed by atoms with Crippen molar-refractivity contribution in [3.63, 3.8) is 0 Å². The number of halogens is 1. The number of imidazole rings is 1. The number of carboxylic acid groups (broad SMARTS) is 1. The van der Waals surface area contributed by atoms with Gasteiger partial charge in [-0.3, -0.25) is 4.68 Å². The first-order valence-corrected chi connectivity index (χ1v) is 6.69. The first-order valence-electron chi connectivity index (χ1n) is 5.90. The summed E-state index contributed by atoms with van der Waals surface area (Å²) in [4.78, 5) is 18.6. The number of rotatable bonds is 2. The maximum atomic E-state index is 11.1. The van der Waals surface area contributed by atoms with Gasteiger partial charge in [-0.2, -0.15) is 5.10 Å². The van der Waals surface area contributed by atoms with Crippen LogP contribution in [0.4, 0.5) is 0 Å². The van der Waals surface area contributed by atoms with E-state index in [0.29, 0.717) is 4.47 Å². The number of fused-ring (bicyclic) bond motifs is 1. The Bertz CT molecular complexity index is 834. The number of aryl methyl sites for hydroxylation is 2. The maximum absolute atomic E-state index is 11.1. The molecular weight excluding hydrogens is 324 g/mol. The van der Waals surface area contributed by atoms with Crippen molar-refractivity contribution in [2.75, 3.05) is 0 Å². The minimum atomic E-state index is -1.06. The van der Waals surface area contributed by atoms with Crippen LogP contribution in [0.15, 0.2) is 22.7 Å². The second-order valence-corrected chi connectivity index (χ2v) is 5.29. The Labute approximate surface area is 122 Å². The van der Waals surface area contributed by atoms with Crippen LogP contribution in [0.2, 0.25) is 0 Å². The monoisotopic (exact) mass is 334 g/mol. The normalized spacial score (nSPS) is 11.2. The molecule has 2 N–H and O–H groups in total. The lowest BCUT2D eigenvalue weighted by atomic mass is 10.1. The molecule has 2 aromatic heterocycles. The summed E-state index contributed by atoms with van der Waals surface area (Å²) in [7, 11) is 1.72. The van der Waals surface area contributed by atoms with E-state index in [-0.39, 0.29) is 5.69 Å². The highest BCUT2D eigenvalue weighted by Gasteiger charge is 2.20. The number of hydrogen-bond donors (Lipinski definition) is 2. The molecule has 7 heteroatoms. The fourth-order valence-electron chi connectivity index (χ4n) is 2.23. The van der Waals surface area contributed by atoms with E-state index in [2.05, 4.69) is 31.0 Å². The minimum Gasteiger partial charge on any atom is -0.476 e. The van der Waals surface area contributed by atoms with Gasteiger partial charge >= 0.3 is 5.97 Å². The van der Waals surface area contributed by atoms with Crippen molar-refractivity contribution in [1.29, 1.82) is 0 Å². The SMILES string of the molecule is Cc1nc2ccc(-c3c(Br)c(C(=O)O)nn3C)cc2[nH]1. The van der Waals surface area contributed by atoms with Crippen molar-refractivity contribution >= 4 is 32.9 Å². The second-order valence-electron chi connectivity index (χ2n) is 4.49. The number of nitrogens with zero attached hydrogens (tertiary/aromatic N) is 3. The molecule has 0 spiro atoms. The van der Waals surface area contributed by atoms with Crippen molar-refractivity contribution < 1.29 is 9.90 Å². The van der Waals surface area contributed by atoms with Crippen LogP contribution in [0.3, 0.4) is 0 Å². The third kappa shape index (κ3) is 1.90. The number of aromatic carboxylic acids is 1. The van der Waals surface area contributed by atoms with E-state index in [0.717, 1.165) is 28.1 Å². The molecule has 0 amide bonds. The molecule has 0 bridgehead atoms. The molecule has 2 heterocycles. The lowest BCUT2D eigenvalue weighted by molar-refractivity contribution is 0.0688. The van der Waals surface area contributed by atoms with Crippen LogP contribution in [-0.2, 0) is 7.05 Å². The molecule has 0 unspecified atom stereocenters. The fraction of sp³-hybridized carbons (Fsp3) is 0.154. The third-order valence-corrected chi connectivity index (χ3v) is 3.82. The Balaban J connectivity index is 2.22. The van der Waals surface area contributed by atoms with Gasteiger partial charge in [0.1, 0.15) is 5.82 Å². The molecule has 1 aromatic carbocycles. The van der Waals surface area contributed by atoms with Gasteiger partial charge in [0.25, 0.3) is 0 Å². The van der Waals surface area contributed by atoms with Gasteiger partial charge in [-0.1, -0.05) is 6.07 Å². The third-order valence-electron chi connectivity index (χ3n) is 3.07. The number of nitrogens with one attached hydrogen (secondary N) is 1. The predicted molar refractivity (Wildman–Crippen MR) is 77.7 cm³/mol. The highest BCUT2D eigenvalue weighted by atomic mass is 79.9. The highest BCUT2D eigenvalue weighted by molar-refractivity contribution is 9.10. The predicted octanol–water partition coefficient (Wildman–Crippen LogP) is 2.73. The van der Waals surface area contributed by atoms with Crippen LogP contribution in [-0.4, -0.2) is 30.8 Å². The second kappa shape index (κ2) is 4.45. The van der Waals surface area contributed by atoms with E-state index >= 15 is 0 Å². The smallest absolute Gasteiger partial charge is 0.357 e. The summed E-state index contributed by atoms with van der Waals surface area (Å²) in [6.07, 6.45) is 0. The molecule has 6 nitrogen and oxygen atoms in total. The van der Waals surface area contributed by atoms with E-state index in [4.69, 9.17) is 5.11 Å². The van der Waals surface area contributed by atoms with E-state index in [9.17, 15) is 4.79 Å². The molecule has 3 rings (SSSR count). The van der Waals surface area contributed by atoms with Gasteiger partial charge in [-0.05, 0) is 35.0 Å². The zero-order chi connectivity index (χ0) is 14.4. The Morgan fingerprint density at radius 2 is 2.20 bits per heavy atom. The van der Waals surface area contributed by atoms with Gasteiger partial charge in [0.2, 0.25) is 0 Å². The van der Waals surface area contributed by atoms with Crippen molar-refractivity contribution in [1.82, 2.24) is 19.7 Å². The van der Waals surface area contributed by atoms with Crippen LogP contribution in [0.1, 0.15) is 16.3 Å². The number of benzene rings is 1. The van der Waals surface area contributed by atoms with Gasteiger partial charge in [0, 0.05) is 12.6 Å². The molecule has 0 aliphatic rings.